The lowest BCUT2D eigenvalue weighted by atomic mass is 10.2. The number of carboxylic acids is 1. The van der Waals surface area contributed by atoms with Gasteiger partial charge in [-0.05, 0) is 12.1 Å². The van der Waals surface area contributed by atoms with E-state index in [1.165, 1.54) is 17.4 Å². The van der Waals surface area contributed by atoms with Crippen LogP contribution < -0.4 is 5.73 Å². The molecule has 66 valence electrons. The zero-order valence-electron chi connectivity index (χ0n) is 6.52. The summed E-state index contributed by atoms with van der Waals surface area (Å²) in [5.41, 5.74) is 8.28. The van der Waals surface area contributed by atoms with E-state index in [0.29, 0.717) is 5.52 Å². The maximum Gasteiger partial charge on any atom is 0.337 e. The van der Waals surface area contributed by atoms with Crippen molar-refractivity contribution in [1.82, 2.24) is 4.98 Å². The summed E-state index contributed by atoms with van der Waals surface area (Å²) >= 11 is 1.44. The largest absolute Gasteiger partial charge is 0.478 e. The molecule has 0 saturated heterocycles. The van der Waals surface area contributed by atoms with Crippen LogP contribution in [0.4, 0.5) is 5.69 Å². The number of fused-ring (bicyclic) bond motifs is 1. The van der Waals surface area contributed by atoms with E-state index in [4.69, 9.17) is 10.8 Å². The van der Waals surface area contributed by atoms with Gasteiger partial charge in [0.1, 0.15) is 0 Å². The lowest BCUT2D eigenvalue weighted by Gasteiger charge is -1.98. The van der Waals surface area contributed by atoms with Crippen LogP contribution in [0.15, 0.2) is 17.6 Å². The molecule has 0 amide bonds. The molecular weight excluding hydrogens is 188 g/mol. The van der Waals surface area contributed by atoms with Crippen LogP contribution in [0.1, 0.15) is 10.4 Å². The van der Waals surface area contributed by atoms with Crippen LogP contribution in [0, 0.1) is 0 Å². The van der Waals surface area contributed by atoms with Gasteiger partial charge in [0, 0.05) is 5.69 Å². The molecule has 0 saturated carbocycles. The molecule has 13 heavy (non-hydrogen) atoms. The number of nitrogen functional groups attached to an aromatic ring is 1. The van der Waals surface area contributed by atoms with Crippen LogP contribution >= 0.6 is 11.3 Å². The number of thiazole rings is 1. The maximum atomic E-state index is 10.7. The Morgan fingerprint density at radius 2 is 2.31 bits per heavy atom. The molecule has 2 aromatic rings. The van der Waals surface area contributed by atoms with Crippen molar-refractivity contribution in [2.45, 2.75) is 0 Å². The van der Waals surface area contributed by atoms with Gasteiger partial charge in [0.25, 0.3) is 0 Å². The molecule has 0 radical (unpaired) electrons. The van der Waals surface area contributed by atoms with Crippen LogP contribution in [-0.2, 0) is 0 Å². The molecule has 0 unspecified atom stereocenters. The highest BCUT2D eigenvalue weighted by atomic mass is 32.1. The SMILES string of the molecule is Nc1cc2scnc2cc1C(=O)O. The zero-order chi connectivity index (χ0) is 9.42. The highest BCUT2D eigenvalue weighted by molar-refractivity contribution is 7.16. The molecule has 0 aliphatic carbocycles. The summed E-state index contributed by atoms with van der Waals surface area (Å²) in [4.78, 5) is 14.7. The average molecular weight is 194 g/mol. The van der Waals surface area contributed by atoms with Crippen molar-refractivity contribution in [1.29, 1.82) is 0 Å². The van der Waals surface area contributed by atoms with E-state index in [-0.39, 0.29) is 11.3 Å². The minimum atomic E-state index is -1.02. The van der Waals surface area contributed by atoms with E-state index >= 15 is 0 Å². The molecule has 1 aromatic heterocycles. The standard InChI is InChI=1S/C8H6N2O2S/c9-5-2-7-6(10-3-13-7)1-4(5)8(11)12/h1-3H,9H2,(H,11,12). The number of hydrogen-bond donors (Lipinski definition) is 2. The van der Waals surface area contributed by atoms with Crippen molar-refractivity contribution in [2.24, 2.45) is 0 Å². The lowest BCUT2D eigenvalue weighted by molar-refractivity contribution is 0.0698. The fourth-order valence-electron chi connectivity index (χ4n) is 1.10. The van der Waals surface area contributed by atoms with Crippen molar-refractivity contribution in [3.63, 3.8) is 0 Å². The van der Waals surface area contributed by atoms with Crippen molar-refractivity contribution < 1.29 is 9.90 Å². The minimum absolute atomic E-state index is 0.110. The minimum Gasteiger partial charge on any atom is -0.478 e. The number of aromatic carboxylic acids is 1. The first-order chi connectivity index (χ1) is 6.18. The van der Waals surface area contributed by atoms with Gasteiger partial charge >= 0.3 is 5.97 Å². The number of benzene rings is 1. The maximum absolute atomic E-state index is 10.7. The Hall–Kier alpha value is -1.62. The summed E-state index contributed by atoms with van der Waals surface area (Å²) in [5, 5.41) is 8.76. The van der Waals surface area contributed by atoms with Crippen molar-refractivity contribution in [3.05, 3.63) is 23.2 Å². The molecule has 1 aromatic carbocycles. The highest BCUT2D eigenvalue weighted by Crippen LogP contribution is 2.23. The van der Waals surface area contributed by atoms with E-state index < -0.39 is 5.97 Å². The second kappa shape index (κ2) is 2.70. The topological polar surface area (TPSA) is 76.2 Å². The number of anilines is 1. The van der Waals surface area contributed by atoms with Crippen molar-refractivity contribution >= 4 is 33.2 Å². The molecule has 3 N–H and O–H groups in total. The quantitative estimate of drug-likeness (QED) is 0.675. The zero-order valence-corrected chi connectivity index (χ0v) is 7.34. The fourth-order valence-corrected chi connectivity index (χ4v) is 1.81. The summed E-state index contributed by atoms with van der Waals surface area (Å²) in [5.74, 6) is -1.02. The normalized spacial score (nSPS) is 10.5. The summed E-state index contributed by atoms with van der Waals surface area (Å²) in [7, 11) is 0. The monoisotopic (exact) mass is 194 g/mol. The predicted molar refractivity (Wildman–Crippen MR) is 51.0 cm³/mol. The summed E-state index contributed by atoms with van der Waals surface area (Å²) in [6.07, 6.45) is 0. The Morgan fingerprint density at radius 1 is 1.54 bits per heavy atom. The van der Waals surface area contributed by atoms with Gasteiger partial charge < -0.3 is 10.8 Å². The van der Waals surface area contributed by atoms with E-state index in [1.54, 1.807) is 11.6 Å². The average Bonchev–Trinajstić information content (AvgIpc) is 2.48. The van der Waals surface area contributed by atoms with E-state index in [0.717, 1.165) is 4.70 Å². The molecule has 4 nitrogen and oxygen atoms in total. The molecule has 5 heteroatoms. The van der Waals surface area contributed by atoms with Gasteiger partial charge in [-0.2, -0.15) is 0 Å². The second-order valence-corrected chi connectivity index (χ2v) is 3.45. The number of hydrogen-bond acceptors (Lipinski definition) is 4. The van der Waals surface area contributed by atoms with Crippen LogP contribution in [0.3, 0.4) is 0 Å². The first kappa shape index (κ1) is 8.00. The van der Waals surface area contributed by atoms with E-state index in [1.807, 2.05) is 0 Å². The Labute approximate surface area is 77.6 Å². The third kappa shape index (κ3) is 1.23. The summed E-state index contributed by atoms with van der Waals surface area (Å²) in [6, 6.07) is 3.12. The van der Waals surface area contributed by atoms with Gasteiger partial charge in [0.15, 0.2) is 0 Å². The molecule has 0 aliphatic heterocycles. The molecular formula is C8H6N2O2S. The van der Waals surface area contributed by atoms with Gasteiger partial charge in [-0.3, -0.25) is 0 Å². The third-order valence-electron chi connectivity index (χ3n) is 1.73. The van der Waals surface area contributed by atoms with Gasteiger partial charge in [-0.1, -0.05) is 0 Å². The van der Waals surface area contributed by atoms with Crippen LogP contribution in [0.5, 0.6) is 0 Å². The Kier molecular flexibility index (Phi) is 1.66. The number of aromatic nitrogens is 1. The molecule has 0 aliphatic rings. The number of rotatable bonds is 1. The van der Waals surface area contributed by atoms with Crippen LogP contribution in [0.25, 0.3) is 10.2 Å². The van der Waals surface area contributed by atoms with Gasteiger partial charge in [-0.25, -0.2) is 9.78 Å². The first-order valence-corrected chi connectivity index (χ1v) is 4.42. The van der Waals surface area contributed by atoms with Gasteiger partial charge in [0.2, 0.25) is 0 Å². The molecule has 0 atom stereocenters. The number of nitrogens with two attached hydrogens (primary N) is 1. The first-order valence-electron chi connectivity index (χ1n) is 3.54. The molecule has 0 fully saturated rings. The van der Waals surface area contributed by atoms with Crippen molar-refractivity contribution in [3.8, 4) is 0 Å². The van der Waals surface area contributed by atoms with Gasteiger partial charge in [0.05, 0.1) is 21.3 Å². The summed E-state index contributed by atoms with van der Waals surface area (Å²) < 4.78 is 0.905. The fraction of sp³-hybridized carbons (Fsp3) is 0. The van der Waals surface area contributed by atoms with E-state index in [2.05, 4.69) is 4.98 Å². The number of carbonyl (C=O) groups is 1. The Morgan fingerprint density at radius 3 is 3.00 bits per heavy atom. The number of carboxylic acid groups (broad SMARTS) is 1. The highest BCUT2D eigenvalue weighted by Gasteiger charge is 2.09. The molecule has 0 spiro atoms. The molecule has 2 rings (SSSR count). The molecule has 1 heterocycles. The van der Waals surface area contributed by atoms with Crippen LogP contribution in [0.2, 0.25) is 0 Å². The Balaban J connectivity index is 2.76. The summed E-state index contributed by atoms with van der Waals surface area (Å²) in [6.45, 7) is 0. The predicted octanol–water partition coefficient (Wildman–Crippen LogP) is 1.58. The second-order valence-electron chi connectivity index (χ2n) is 2.56. The Bertz CT molecular complexity index is 478. The van der Waals surface area contributed by atoms with Crippen LogP contribution in [-0.4, -0.2) is 16.1 Å². The smallest absolute Gasteiger partial charge is 0.337 e. The lowest BCUT2D eigenvalue weighted by Crippen LogP contribution is -2.01. The van der Waals surface area contributed by atoms with E-state index in [9.17, 15) is 4.79 Å². The van der Waals surface area contributed by atoms with Crippen molar-refractivity contribution in [2.75, 3.05) is 5.73 Å². The third-order valence-corrected chi connectivity index (χ3v) is 2.52. The number of nitrogens with zero attached hydrogens (tertiary/aromatic N) is 1. The molecule has 0 bridgehead atoms. The van der Waals surface area contributed by atoms with Gasteiger partial charge in [-0.15, -0.1) is 11.3 Å².